The first-order valence-corrected chi connectivity index (χ1v) is 8.45. The SMILES string of the molecule is COC(=O)CCn1c(SCCNC(C)=O)nc2ccccc2c1=O. The minimum Gasteiger partial charge on any atom is -0.469 e. The maximum Gasteiger partial charge on any atom is 0.307 e. The molecular formula is C16H19N3O4S. The quantitative estimate of drug-likeness (QED) is 0.349. The number of ether oxygens (including phenoxy) is 1. The third kappa shape index (κ3) is 4.58. The molecule has 2 rings (SSSR count). The lowest BCUT2D eigenvalue weighted by Crippen LogP contribution is -2.26. The van der Waals surface area contributed by atoms with Gasteiger partial charge < -0.3 is 10.1 Å². The maximum atomic E-state index is 12.7. The Morgan fingerprint density at radius 3 is 2.79 bits per heavy atom. The lowest BCUT2D eigenvalue weighted by molar-refractivity contribution is -0.140. The zero-order valence-electron chi connectivity index (χ0n) is 13.6. The molecule has 1 heterocycles. The number of rotatable bonds is 7. The van der Waals surface area contributed by atoms with Gasteiger partial charge in [-0.2, -0.15) is 0 Å². The summed E-state index contributed by atoms with van der Waals surface area (Å²) in [6, 6.07) is 7.09. The van der Waals surface area contributed by atoms with Gasteiger partial charge in [-0.1, -0.05) is 23.9 Å². The third-order valence-corrected chi connectivity index (χ3v) is 4.28. The molecule has 24 heavy (non-hydrogen) atoms. The van der Waals surface area contributed by atoms with Crippen molar-refractivity contribution in [1.82, 2.24) is 14.9 Å². The molecule has 0 aliphatic carbocycles. The molecule has 1 aromatic heterocycles. The van der Waals surface area contributed by atoms with Crippen LogP contribution in [0.5, 0.6) is 0 Å². The van der Waals surface area contributed by atoms with Crippen LogP contribution in [0.2, 0.25) is 0 Å². The summed E-state index contributed by atoms with van der Waals surface area (Å²) in [6.45, 7) is 2.12. The number of para-hydroxylation sites is 1. The van der Waals surface area contributed by atoms with Gasteiger partial charge in [0.1, 0.15) is 0 Å². The van der Waals surface area contributed by atoms with E-state index in [1.165, 1.54) is 30.4 Å². The van der Waals surface area contributed by atoms with Gasteiger partial charge in [0.05, 0.1) is 24.4 Å². The molecule has 128 valence electrons. The minimum atomic E-state index is -0.385. The Bertz CT molecular complexity index is 803. The molecular weight excluding hydrogens is 330 g/mol. The molecule has 0 atom stereocenters. The molecule has 0 unspecified atom stereocenters. The van der Waals surface area contributed by atoms with E-state index in [0.29, 0.717) is 28.4 Å². The number of nitrogens with zero attached hydrogens (tertiary/aromatic N) is 2. The molecule has 0 spiro atoms. The van der Waals surface area contributed by atoms with Gasteiger partial charge in [0, 0.05) is 25.8 Å². The fourth-order valence-corrected chi connectivity index (χ4v) is 3.01. The van der Waals surface area contributed by atoms with E-state index in [-0.39, 0.29) is 30.4 Å². The number of amides is 1. The third-order valence-electron chi connectivity index (χ3n) is 3.30. The van der Waals surface area contributed by atoms with Crippen molar-refractivity contribution in [2.75, 3.05) is 19.4 Å². The monoisotopic (exact) mass is 349 g/mol. The summed E-state index contributed by atoms with van der Waals surface area (Å²) in [4.78, 5) is 39.5. The van der Waals surface area contributed by atoms with E-state index in [0.717, 1.165) is 0 Å². The van der Waals surface area contributed by atoms with E-state index in [1.807, 2.05) is 6.07 Å². The molecule has 0 radical (unpaired) electrons. The maximum absolute atomic E-state index is 12.7. The van der Waals surface area contributed by atoms with Crippen molar-refractivity contribution in [2.24, 2.45) is 0 Å². The molecule has 8 heteroatoms. The van der Waals surface area contributed by atoms with Crippen molar-refractivity contribution in [1.29, 1.82) is 0 Å². The molecule has 0 aliphatic rings. The molecule has 0 saturated heterocycles. The fourth-order valence-electron chi connectivity index (χ4n) is 2.13. The Labute approximate surface area is 143 Å². The number of hydrogen-bond donors (Lipinski definition) is 1. The zero-order valence-corrected chi connectivity index (χ0v) is 14.4. The molecule has 0 fully saturated rings. The number of nitrogens with one attached hydrogen (secondary N) is 1. The van der Waals surface area contributed by atoms with E-state index < -0.39 is 0 Å². The van der Waals surface area contributed by atoms with Crippen LogP contribution in [0, 0.1) is 0 Å². The van der Waals surface area contributed by atoms with Gasteiger partial charge in [0.2, 0.25) is 5.91 Å². The van der Waals surface area contributed by atoms with Crippen LogP contribution in [-0.2, 0) is 20.9 Å². The average molecular weight is 349 g/mol. The molecule has 7 nitrogen and oxygen atoms in total. The molecule has 0 bridgehead atoms. The smallest absolute Gasteiger partial charge is 0.307 e. The Morgan fingerprint density at radius 2 is 2.08 bits per heavy atom. The highest BCUT2D eigenvalue weighted by molar-refractivity contribution is 7.99. The minimum absolute atomic E-state index is 0.0929. The fraction of sp³-hybridized carbons (Fsp3) is 0.375. The largest absolute Gasteiger partial charge is 0.469 e. The molecule has 1 amide bonds. The lowest BCUT2D eigenvalue weighted by Gasteiger charge is -2.12. The number of aromatic nitrogens is 2. The van der Waals surface area contributed by atoms with E-state index in [4.69, 9.17) is 0 Å². The summed E-state index contributed by atoms with van der Waals surface area (Å²) in [7, 11) is 1.31. The van der Waals surface area contributed by atoms with Crippen molar-refractivity contribution in [3.8, 4) is 0 Å². The molecule has 0 aliphatic heterocycles. The topological polar surface area (TPSA) is 90.3 Å². The number of hydrogen-bond acceptors (Lipinski definition) is 6. The predicted molar refractivity (Wildman–Crippen MR) is 92.0 cm³/mol. The predicted octanol–water partition coefficient (Wildman–Crippen LogP) is 1.19. The normalized spacial score (nSPS) is 10.6. The van der Waals surface area contributed by atoms with Crippen LogP contribution in [0.4, 0.5) is 0 Å². The van der Waals surface area contributed by atoms with Gasteiger partial charge in [-0.15, -0.1) is 0 Å². The number of thioether (sulfide) groups is 1. The van der Waals surface area contributed by atoms with Crippen molar-refractivity contribution in [3.63, 3.8) is 0 Å². The van der Waals surface area contributed by atoms with Gasteiger partial charge in [-0.05, 0) is 12.1 Å². The average Bonchev–Trinajstić information content (AvgIpc) is 2.57. The van der Waals surface area contributed by atoms with E-state index >= 15 is 0 Å². The van der Waals surface area contributed by atoms with Gasteiger partial charge in [-0.25, -0.2) is 4.98 Å². The number of fused-ring (bicyclic) bond motifs is 1. The molecule has 1 N–H and O–H groups in total. The van der Waals surface area contributed by atoms with E-state index in [2.05, 4.69) is 15.0 Å². The van der Waals surface area contributed by atoms with Crippen LogP contribution >= 0.6 is 11.8 Å². The second kappa shape index (κ2) is 8.49. The van der Waals surface area contributed by atoms with Crippen molar-refractivity contribution in [3.05, 3.63) is 34.6 Å². The summed E-state index contributed by atoms with van der Waals surface area (Å²) in [5.74, 6) is 0.0807. The standard InChI is InChI=1S/C16H19N3O4S/c1-11(20)17-8-10-24-16-18-13-6-4-3-5-12(13)15(22)19(16)9-7-14(21)23-2/h3-6H,7-10H2,1-2H3,(H,17,20). The Hall–Kier alpha value is -2.35. The Morgan fingerprint density at radius 1 is 1.33 bits per heavy atom. The van der Waals surface area contributed by atoms with Gasteiger partial charge >= 0.3 is 5.97 Å². The number of benzene rings is 1. The summed E-state index contributed by atoms with van der Waals surface area (Å²) >= 11 is 1.36. The first kappa shape index (κ1) is 18.0. The Balaban J connectivity index is 2.29. The summed E-state index contributed by atoms with van der Waals surface area (Å²) in [5, 5.41) is 3.73. The van der Waals surface area contributed by atoms with Crippen LogP contribution in [0.3, 0.4) is 0 Å². The zero-order chi connectivity index (χ0) is 17.5. The summed E-state index contributed by atoms with van der Waals surface area (Å²) in [5.41, 5.74) is 0.422. The molecule has 2 aromatic rings. The highest BCUT2D eigenvalue weighted by atomic mass is 32.2. The van der Waals surface area contributed by atoms with Crippen molar-refractivity contribution < 1.29 is 14.3 Å². The van der Waals surface area contributed by atoms with Crippen LogP contribution in [0.1, 0.15) is 13.3 Å². The van der Waals surface area contributed by atoms with E-state index in [9.17, 15) is 14.4 Å². The molecule has 0 saturated carbocycles. The van der Waals surface area contributed by atoms with Crippen molar-refractivity contribution >= 4 is 34.5 Å². The summed E-state index contributed by atoms with van der Waals surface area (Å²) in [6.07, 6.45) is 0.0929. The second-order valence-corrected chi connectivity index (χ2v) is 6.09. The van der Waals surface area contributed by atoms with Crippen LogP contribution in [0.25, 0.3) is 10.9 Å². The first-order chi connectivity index (χ1) is 11.5. The van der Waals surface area contributed by atoms with E-state index in [1.54, 1.807) is 18.2 Å². The summed E-state index contributed by atoms with van der Waals surface area (Å²) < 4.78 is 6.12. The van der Waals surface area contributed by atoms with Crippen molar-refractivity contribution in [2.45, 2.75) is 25.0 Å². The second-order valence-electron chi connectivity index (χ2n) is 5.03. The number of carbonyl (C=O) groups excluding carboxylic acids is 2. The number of carbonyl (C=O) groups is 2. The molecule has 1 aromatic carbocycles. The first-order valence-electron chi connectivity index (χ1n) is 7.46. The van der Waals surface area contributed by atoms with Crippen LogP contribution < -0.4 is 10.9 Å². The number of methoxy groups -OCH3 is 1. The van der Waals surface area contributed by atoms with Crippen LogP contribution in [0.15, 0.2) is 34.2 Å². The van der Waals surface area contributed by atoms with Crippen LogP contribution in [-0.4, -0.2) is 40.8 Å². The lowest BCUT2D eigenvalue weighted by atomic mass is 10.2. The van der Waals surface area contributed by atoms with Gasteiger partial charge in [-0.3, -0.25) is 19.0 Å². The Kier molecular flexibility index (Phi) is 6.36. The van der Waals surface area contributed by atoms with Gasteiger partial charge in [0.25, 0.3) is 5.56 Å². The highest BCUT2D eigenvalue weighted by Crippen LogP contribution is 2.17. The van der Waals surface area contributed by atoms with Gasteiger partial charge in [0.15, 0.2) is 5.16 Å². The highest BCUT2D eigenvalue weighted by Gasteiger charge is 2.13. The number of esters is 1.